The number of nitrogens with one attached hydrogen (secondary N) is 3. The molecule has 2 aliphatic rings. The topological polar surface area (TPSA) is 94.0 Å². The molecule has 6 heteroatoms. The van der Waals surface area contributed by atoms with Crippen molar-refractivity contribution in [2.75, 3.05) is 17.2 Å². The minimum absolute atomic E-state index is 0.120. The van der Waals surface area contributed by atoms with Gasteiger partial charge in [0.15, 0.2) is 0 Å². The highest BCUT2D eigenvalue weighted by molar-refractivity contribution is 6.04. The monoisotopic (exact) mass is 332 g/mol. The number of benzene rings is 2. The molecule has 2 atom stereocenters. The Morgan fingerprint density at radius 1 is 1.20 bits per heavy atom. The normalized spacial score (nSPS) is 23.5. The summed E-state index contributed by atoms with van der Waals surface area (Å²) in [6, 6.07) is 15.8. The molecule has 4 rings (SSSR count). The van der Waals surface area contributed by atoms with E-state index in [9.17, 15) is 9.59 Å². The molecule has 1 saturated heterocycles. The van der Waals surface area contributed by atoms with Gasteiger partial charge in [-0.15, -0.1) is 0 Å². The maximum atomic E-state index is 12.6. The Hall–Kier alpha value is -3.33. The third kappa shape index (κ3) is 2.41. The summed E-state index contributed by atoms with van der Waals surface area (Å²) in [6.07, 6.45) is 0.415. The average Bonchev–Trinajstić information content (AvgIpc) is 3.18. The van der Waals surface area contributed by atoms with E-state index >= 15 is 0 Å². The largest absolute Gasteiger partial charge is 0.383 e. The molecule has 3 N–H and O–H groups in total. The van der Waals surface area contributed by atoms with Gasteiger partial charge >= 0.3 is 0 Å². The number of carbonyl (C=O) groups excluding carboxylic acids is 2. The third-order valence-electron chi connectivity index (χ3n) is 4.91. The number of carbonyl (C=O) groups is 2. The number of hydrogen-bond donors (Lipinski definition) is 3. The summed E-state index contributed by atoms with van der Waals surface area (Å²) in [5.41, 5.74) is 2.33. The minimum atomic E-state index is -0.691. The number of nitriles is 1. The van der Waals surface area contributed by atoms with Crippen molar-refractivity contribution in [2.24, 2.45) is 0 Å². The second-order valence-electron chi connectivity index (χ2n) is 6.39. The minimum Gasteiger partial charge on any atom is -0.383 e. The zero-order valence-corrected chi connectivity index (χ0v) is 13.4. The van der Waals surface area contributed by atoms with Crippen LogP contribution in [-0.2, 0) is 15.0 Å². The Kier molecular flexibility index (Phi) is 3.43. The molecule has 0 saturated carbocycles. The Morgan fingerprint density at radius 3 is 2.72 bits per heavy atom. The summed E-state index contributed by atoms with van der Waals surface area (Å²) >= 11 is 0. The molecule has 0 bridgehead atoms. The molecule has 2 heterocycles. The summed E-state index contributed by atoms with van der Waals surface area (Å²) in [5.74, 6) is -0.371. The molecule has 25 heavy (non-hydrogen) atoms. The quantitative estimate of drug-likeness (QED) is 0.781. The van der Waals surface area contributed by atoms with Gasteiger partial charge in [0, 0.05) is 17.9 Å². The van der Waals surface area contributed by atoms with Crippen LogP contribution in [0.25, 0.3) is 0 Å². The van der Waals surface area contributed by atoms with Crippen molar-refractivity contribution in [3.63, 3.8) is 0 Å². The lowest BCUT2D eigenvalue weighted by Crippen LogP contribution is -2.39. The summed E-state index contributed by atoms with van der Waals surface area (Å²) in [6.45, 7) is 0.499. The van der Waals surface area contributed by atoms with Gasteiger partial charge in [0.2, 0.25) is 11.8 Å². The van der Waals surface area contributed by atoms with E-state index in [0.717, 1.165) is 11.3 Å². The van der Waals surface area contributed by atoms with Crippen LogP contribution in [0.15, 0.2) is 48.5 Å². The molecule has 1 fully saturated rings. The predicted octanol–water partition coefficient (Wildman–Crippen LogP) is 1.75. The summed E-state index contributed by atoms with van der Waals surface area (Å²) < 4.78 is 0. The standard InChI is InChI=1S/C19H16N4O2/c20-10-12-5-7-13(8-6-12)22-17(24)16-9-19(18(25)23-16)11-21-15-4-2-1-3-14(15)19/h1-8,16,21H,9,11H2,(H,22,24)(H,23,25). The molecule has 6 nitrogen and oxygen atoms in total. The Morgan fingerprint density at radius 2 is 1.96 bits per heavy atom. The van der Waals surface area contributed by atoms with Crippen molar-refractivity contribution < 1.29 is 9.59 Å². The lowest BCUT2D eigenvalue weighted by molar-refractivity contribution is -0.125. The van der Waals surface area contributed by atoms with E-state index in [0.29, 0.717) is 24.2 Å². The highest BCUT2D eigenvalue weighted by atomic mass is 16.2. The first-order valence-corrected chi connectivity index (χ1v) is 8.08. The van der Waals surface area contributed by atoms with Crippen LogP contribution in [0.2, 0.25) is 0 Å². The summed E-state index contributed by atoms with van der Waals surface area (Å²) in [7, 11) is 0. The van der Waals surface area contributed by atoms with Crippen LogP contribution < -0.4 is 16.0 Å². The van der Waals surface area contributed by atoms with Crippen molar-refractivity contribution in [1.82, 2.24) is 5.32 Å². The first-order valence-electron chi connectivity index (χ1n) is 8.08. The van der Waals surface area contributed by atoms with Crippen LogP contribution in [0.4, 0.5) is 11.4 Å². The van der Waals surface area contributed by atoms with Gasteiger partial charge < -0.3 is 16.0 Å². The number of amides is 2. The van der Waals surface area contributed by atoms with E-state index in [4.69, 9.17) is 5.26 Å². The number of fused-ring (bicyclic) bond motifs is 2. The molecule has 2 aliphatic heterocycles. The van der Waals surface area contributed by atoms with E-state index in [2.05, 4.69) is 16.0 Å². The molecule has 0 aromatic heterocycles. The molecular formula is C19H16N4O2. The lowest BCUT2D eigenvalue weighted by Gasteiger charge is -2.19. The maximum absolute atomic E-state index is 12.6. The second-order valence-corrected chi connectivity index (χ2v) is 6.39. The van der Waals surface area contributed by atoms with Crippen LogP contribution in [-0.4, -0.2) is 24.4 Å². The first-order chi connectivity index (χ1) is 12.1. The van der Waals surface area contributed by atoms with Gasteiger partial charge in [-0.2, -0.15) is 5.26 Å². The fourth-order valence-corrected chi connectivity index (χ4v) is 3.58. The molecule has 2 amide bonds. The van der Waals surface area contributed by atoms with Crippen molar-refractivity contribution >= 4 is 23.2 Å². The predicted molar refractivity (Wildman–Crippen MR) is 92.9 cm³/mol. The van der Waals surface area contributed by atoms with E-state index in [1.54, 1.807) is 24.3 Å². The number of nitrogens with zero attached hydrogens (tertiary/aromatic N) is 1. The Labute approximate surface area is 144 Å². The average molecular weight is 332 g/mol. The highest BCUT2D eigenvalue weighted by Crippen LogP contribution is 2.43. The van der Waals surface area contributed by atoms with E-state index in [1.807, 2.05) is 30.3 Å². The molecule has 2 aromatic carbocycles. The van der Waals surface area contributed by atoms with Gasteiger partial charge in [0.1, 0.15) is 6.04 Å². The van der Waals surface area contributed by atoms with Gasteiger partial charge in [0.05, 0.1) is 17.0 Å². The van der Waals surface area contributed by atoms with Gasteiger partial charge in [-0.1, -0.05) is 18.2 Å². The summed E-state index contributed by atoms with van der Waals surface area (Å²) in [4.78, 5) is 25.2. The number of para-hydroxylation sites is 1. The fraction of sp³-hybridized carbons (Fsp3) is 0.211. The molecule has 0 aliphatic carbocycles. The van der Waals surface area contributed by atoms with Crippen molar-refractivity contribution in [3.8, 4) is 6.07 Å². The van der Waals surface area contributed by atoms with E-state index in [1.165, 1.54) is 0 Å². The summed E-state index contributed by atoms with van der Waals surface area (Å²) in [5, 5.41) is 17.7. The zero-order valence-electron chi connectivity index (χ0n) is 13.4. The fourth-order valence-electron chi connectivity index (χ4n) is 3.58. The van der Waals surface area contributed by atoms with Crippen LogP contribution in [0.5, 0.6) is 0 Å². The van der Waals surface area contributed by atoms with Crippen LogP contribution >= 0.6 is 0 Å². The second kappa shape index (κ2) is 5.64. The molecule has 1 spiro atoms. The number of hydrogen-bond acceptors (Lipinski definition) is 4. The van der Waals surface area contributed by atoms with Crippen molar-refractivity contribution in [1.29, 1.82) is 5.26 Å². The SMILES string of the molecule is N#Cc1ccc(NC(=O)C2CC3(CNc4ccccc43)C(=O)N2)cc1. The Bertz CT molecular complexity index is 900. The van der Waals surface area contributed by atoms with Crippen LogP contribution in [0.3, 0.4) is 0 Å². The van der Waals surface area contributed by atoms with Gasteiger partial charge in [0.25, 0.3) is 0 Å². The highest BCUT2D eigenvalue weighted by Gasteiger charge is 2.53. The van der Waals surface area contributed by atoms with Crippen molar-refractivity contribution in [2.45, 2.75) is 17.9 Å². The van der Waals surface area contributed by atoms with E-state index in [-0.39, 0.29) is 11.8 Å². The first kappa shape index (κ1) is 15.2. The molecule has 2 unspecified atom stereocenters. The molecular weight excluding hydrogens is 316 g/mol. The lowest BCUT2D eigenvalue weighted by atomic mass is 9.79. The smallest absolute Gasteiger partial charge is 0.246 e. The third-order valence-corrected chi connectivity index (χ3v) is 4.91. The maximum Gasteiger partial charge on any atom is 0.246 e. The molecule has 124 valence electrons. The zero-order chi connectivity index (χ0) is 17.4. The van der Waals surface area contributed by atoms with Crippen LogP contribution in [0, 0.1) is 11.3 Å². The van der Waals surface area contributed by atoms with Gasteiger partial charge in [-0.25, -0.2) is 0 Å². The number of anilines is 2. The molecule has 0 radical (unpaired) electrons. The van der Waals surface area contributed by atoms with Crippen LogP contribution in [0.1, 0.15) is 17.5 Å². The van der Waals surface area contributed by atoms with Gasteiger partial charge in [-0.05, 0) is 42.3 Å². The van der Waals surface area contributed by atoms with Gasteiger partial charge in [-0.3, -0.25) is 9.59 Å². The number of rotatable bonds is 2. The van der Waals surface area contributed by atoms with Crippen molar-refractivity contribution in [3.05, 3.63) is 59.7 Å². The Balaban J connectivity index is 1.53. The van der Waals surface area contributed by atoms with E-state index < -0.39 is 11.5 Å². The molecule has 2 aromatic rings.